The molecule has 2 N–H and O–H groups in total. The van der Waals surface area contributed by atoms with Crippen LogP contribution in [-0.2, 0) is 27.2 Å². The Morgan fingerprint density at radius 2 is 1.69 bits per heavy atom. The van der Waals surface area contributed by atoms with Gasteiger partial charge in [-0.2, -0.15) is 0 Å². The number of nitro benzene ring substituents is 1. The fourth-order valence-corrected chi connectivity index (χ4v) is 3.83. The fourth-order valence-electron chi connectivity index (χ4n) is 3.83. The van der Waals surface area contributed by atoms with Crippen LogP contribution < -0.4 is 15.5 Å². The average Bonchev–Trinajstić information content (AvgIpc) is 2.70. The summed E-state index contributed by atoms with van der Waals surface area (Å²) in [5, 5.41) is 15.9. The van der Waals surface area contributed by atoms with Crippen LogP contribution >= 0.6 is 0 Å². The van der Waals surface area contributed by atoms with Gasteiger partial charge in [0.15, 0.2) is 0 Å². The second kappa shape index (κ2) is 7.34. The number of nitrogens with one attached hydrogen (secondary N) is 2. The van der Waals surface area contributed by atoms with Gasteiger partial charge in [0.2, 0.25) is 5.91 Å². The number of nitrogens with zero attached hydrogens (tertiary/aromatic N) is 2. The molecule has 0 aromatic heterocycles. The zero-order valence-electron chi connectivity index (χ0n) is 15.4. The van der Waals surface area contributed by atoms with Gasteiger partial charge < -0.3 is 15.5 Å². The summed E-state index contributed by atoms with van der Waals surface area (Å²) in [5.74, 6) is -1.81. The molecule has 2 aromatic rings. The lowest BCUT2D eigenvalue weighted by Gasteiger charge is -2.35. The molecule has 0 radical (unpaired) electrons. The standard InChI is InChI=1S/C20H18N4O5/c25-17-8-7-13-11-14(10-12-4-3-9-23(17)18(12)13)21-19(26)20(27)22-15-5-1-2-6-16(15)24(28)29/h1-2,5-6,10-11H,3-4,7-9H2,(H,21,26)(H,22,27). The minimum Gasteiger partial charge on any atom is -0.318 e. The molecule has 2 aliphatic heterocycles. The Balaban J connectivity index is 1.53. The van der Waals surface area contributed by atoms with Crippen molar-refractivity contribution in [3.63, 3.8) is 0 Å². The molecule has 2 heterocycles. The number of anilines is 3. The Morgan fingerprint density at radius 3 is 2.45 bits per heavy atom. The molecule has 4 rings (SSSR count). The minimum absolute atomic E-state index is 0.0488. The van der Waals surface area contributed by atoms with Crippen molar-refractivity contribution in [2.75, 3.05) is 22.1 Å². The lowest BCUT2D eigenvalue weighted by Crippen LogP contribution is -2.39. The maximum Gasteiger partial charge on any atom is 0.314 e. The SMILES string of the molecule is O=C(Nc1cc2c3c(c1)CCC(=O)N3CCC2)C(=O)Nc1ccccc1[N+](=O)[O-]. The summed E-state index contributed by atoms with van der Waals surface area (Å²) < 4.78 is 0. The zero-order valence-corrected chi connectivity index (χ0v) is 15.4. The summed E-state index contributed by atoms with van der Waals surface area (Å²) in [5.41, 5.74) is 2.99. The maximum absolute atomic E-state index is 12.3. The highest BCUT2D eigenvalue weighted by Gasteiger charge is 2.30. The molecule has 0 unspecified atom stereocenters. The summed E-state index contributed by atoms with van der Waals surface area (Å²) in [6, 6.07) is 9.16. The van der Waals surface area contributed by atoms with Gasteiger partial charge in [-0.05, 0) is 48.6 Å². The van der Waals surface area contributed by atoms with E-state index in [0.717, 1.165) is 29.7 Å². The van der Waals surface area contributed by atoms with E-state index < -0.39 is 16.7 Å². The Labute approximate surface area is 165 Å². The van der Waals surface area contributed by atoms with E-state index in [-0.39, 0.29) is 17.3 Å². The molecule has 0 spiro atoms. The lowest BCUT2D eigenvalue weighted by atomic mass is 9.91. The number of carbonyl (C=O) groups is 3. The van der Waals surface area contributed by atoms with Crippen molar-refractivity contribution in [3.05, 3.63) is 57.6 Å². The van der Waals surface area contributed by atoms with Crippen molar-refractivity contribution in [3.8, 4) is 0 Å². The minimum atomic E-state index is -0.998. The number of carbonyl (C=O) groups excluding carboxylic acids is 3. The van der Waals surface area contributed by atoms with Gasteiger partial charge in [0.05, 0.1) is 10.6 Å². The predicted molar refractivity (Wildman–Crippen MR) is 106 cm³/mol. The summed E-state index contributed by atoms with van der Waals surface area (Å²) in [4.78, 5) is 48.9. The topological polar surface area (TPSA) is 122 Å². The normalized spacial score (nSPS) is 14.8. The number of amides is 3. The number of hydrogen-bond donors (Lipinski definition) is 2. The highest BCUT2D eigenvalue weighted by molar-refractivity contribution is 6.43. The molecule has 3 amide bonds. The molecular weight excluding hydrogens is 376 g/mol. The third-order valence-electron chi connectivity index (χ3n) is 5.09. The Hall–Kier alpha value is -3.75. The summed E-state index contributed by atoms with van der Waals surface area (Å²) in [7, 11) is 0. The molecule has 0 aliphatic carbocycles. The van der Waals surface area contributed by atoms with Gasteiger partial charge in [0.1, 0.15) is 5.69 Å². The van der Waals surface area contributed by atoms with Crippen molar-refractivity contribution in [2.24, 2.45) is 0 Å². The third-order valence-corrected chi connectivity index (χ3v) is 5.09. The first kappa shape index (κ1) is 18.6. The van der Waals surface area contributed by atoms with E-state index in [2.05, 4.69) is 10.6 Å². The van der Waals surface area contributed by atoms with Crippen molar-refractivity contribution in [1.82, 2.24) is 0 Å². The van der Waals surface area contributed by atoms with E-state index in [1.165, 1.54) is 24.3 Å². The highest BCUT2D eigenvalue weighted by Crippen LogP contribution is 2.37. The number of nitro groups is 1. The van der Waals surface area contributed by atoms with E-state index >= 15 is 0 Å². The largest absolute Gasteiger partial charge is 0.318 e. The predicted octanol–water partition coefficient (Wildman–Crippen LogP) is 2.40. The van der Waals surface area contributed by atoms with Crippen LogP contribution in [0, 0.1) is 10.1 Å². The number of para-hydroxylation sites is 2. The molecule has 0 fully saturated rings. The smallest absolute Gasteiger partial charge is 0.314 e. The second-order valence-corrected chi connectivity index (χ2v) is 6.97. The van der Waals surface area contributed by atoms with Gasteiger partial charge in [0, 0.05) is 24.7 Å². The quantitative estimate of drug-likeness (QED) is 0.470. The Bertz CT molecular complexity index is 1030. The number of aryl methyl sites for hydroxylation is 2. The van der Waals surface area contributed by atoms with E-state index in [4.69, 9.17) is 0 Å². The van der Waals surface area contributed by atoms with E-state index in [1.54, 1.807) is 17.0 Å². The van der Waals surface area contributed by atoms with Gasteiger partial charge in [-0.25, -0.2) is 0 Å². The zero-order chi connectivity index (χ0) is 20.5. The Kier molecular flexibility index (Phi) is 4.71. The van der Waals surface area contributed by atoms with Crippen molar-refractivity contribution < 1.29 is 19.3 Å². The van der Waals surface area contributed by atoms with Crippen LogP contribution in [0.1, 0.15) is 24.0 Å². The van der Waals surface area contributed by atoms with E-state index in [0.29, 0.717) is 25.1 Å². The van der Waals surface area contributed by atoms with E-state index in [9.17, 15) is 24.5 Å². The van der Waals surface area contributed by atoms with Gasteiger partial charge in [-0.3, -0.25) is 24.5 Å². The number of rotatable bonds is 3. The Morgan fingerprint density at radius 1 is 1.00 bits per heavy atom. The number of benzene rings is 2. The van der Waals surface area contributed by atoms with Gasteiger partial charge in [0.25, 0.3) is 5.69 Å². The first-order valence-corrected chi connectivity index (χ1v) is 9.26. The van der Waals surface area contributed by atoms with Gasteiger partial charge in [-0.1, -0.05) is 12.1 Å². The average molecular weight is 394 g/mol. The lowest BCUT2D eigenvalue weighted by molar-refractivity contribution is -0.383. The van der Waals surface area contributed by atoms with Crippen LogP contribution in [-0.4, -0.2) is 29.2 Å². The molecule has 9 nitrogen and oxygen atoms in total. The molecule has 0 saturated carbocycles. The van der Waals surface area contributed by atoms with Crippen molar-refractivity contribution in [1.29, 1.82) is 0 Å². The van der Waals surface area contributed by atoms with Crippen LogP contribution in [0.15, 0.2) is 36.4 Å². The molecule has 0 saturated heterocycles. The van der Waals surface area contributed by atoms with Crippen LogP contribution in [0.4, 0.5) is 22.7 Å². The molecule has 2 aliphatic rings. The monoisotopic (exact) mass is 394 g/mol. The number of hydrogen-bond acceptors (Lipinski definition) is 5. The first-order valence-electron chi connectivity index (χ1n) is 9.26. The third kappa shape index (κ3) is 3.54. The molecule has 0 bridgehead atoms. The molecule has 29 heavy (non-hydrogen) atoms. The molecule has 0 atom stereocenters. The van der Waals surface area contributed by atoms with Crippen LogP contribution in [0.5, 0.6) is 0 Å². The van der Waals surface area contributed by atoms with Gasteiger partial charge >= 0.3 is 11.8 Å². The summed E-state index contributed by atoms with van der Waals surface area (Å²) >= 11 is 0. The van der Waals surface area contributed by atoms with Crippen molar-refractivity contribution in [2.45, 2.75) is 25.7 Å². The first-order chi connectivity index (χ1) is 13.9. The highest BCUT2D eigenvalue weighted by atomic mass is 16.6. The van der Waals surface area contributed by atoms with Crippen LogP contribution in [0.25, 0.3) is 0 Å². The van der Waals surface area contributed by atoms with Crippen molar-refractivity contribution >= 4 is 40.5 Å². The van der Waals surface area contributed by atoms with Crippen LogP contribution in [0.2, 0.25) is 0 Å². The molecule has 9 heteroatoms. The summed E-state index contributed by atoms with van der Waals surface area (Å²) in [6.07, 6.45) is 2.64. The molecular formula is C20H18N4O5. The molecule has 148 valence electrons. The summed E-state index contributed by atoms with van der Waals surface area (Å²) in [6.45, 7) is 0.697. The second-order valence-electron chi connectivity index (χ2n) is 6.97. The van der Waals surface area contributed by atoms with Gasteiger partial charge in [-0.15, -0.1) is 0 Å². The fraction of sp³-hybridized carbons (Fsp3) is 0.250. The maximum atomic E-state index is 12.3. The van der Waals surface area contributed by atoms with Crippen LogP contribution in [0.3, 0.4) is 0 Å². The molecule has 2 aromatic carbocycles. The van der Waals surface area contributed by atoms with E-state index in [1.807, 2.05) is 0 Å².